The molecule has 156 valence electrons. The number of ether oxygens (including phenoxy) is 1. The predicted octanol–water partition coefficient (Wildman–Crippen LogP) is 0.138. The maximum atomic E-state index is 6.19. The van der Waals surface area contributed by atoms with Gasteiger partial charge in [-0.05, 0) is 19.1 Å². The molecule has 0 saturated carbocycles. The Morgan fingerprint density at radius 2 is 2.20 bits per heavy atom. The molecule has 0 aromatic carbocycles. The van der Waals surface area contributed by atoms with Crippen LogP contribution >= 0.6 is 0 Å². The number of allylic oxidation sites excluding steroid dienone is 1. The lowest BCUT2D eigenvalue weighted by molar-refractivity contribution is 0.178. The second-order valence-electron chi connectivity index (χ2n) is 7.83. The van der Waals surface area contributed by atoms with Crippen LogP contribution in [-0.4, -0.2) is 55.3 Å². The van der Waals surface area contributed by atoms with Gasteiger partial charge in [-0.3, -0.25) is 4.90 Å². The molecule has 0 spiro atoms. The number of fused-ring (bicyclic) bond motifs is 4. The third-order valence-electron chi connectivity index (χ3n) is 5.74. The zero-order valence-electron chi connectivity index (χ0n) is 17.4. The molecule has 2 N–H and O–H groups in total. The van der Waals surface area contributed by atoms with Crippen molar-refractivity contribution in [2.45, 2.75) is 45.4 Å². The minimum Gasteiger partial charge on any atom is -0.446 e. The molecule has 3 aromatic rings. The molecule has 5 rings (SSSR count). The number of hydrogen-bond acceptors (Lipinski definition) is 8. The highest BCUT2D eigenvalue weighted by Crippen LogP contribution is 2.22. The van der Waals surface area contributed by atoms with Crippen molar-refractivity contribution in [2.75, 3.05) is 19.4 Å². The van der Waals surface area contributed by atoms with Crippen molar-refractivity contribution in [3.05, 3.63) is 45.9 Å². The zero-order valence-corrected chi connectivity index (χ0v) is 17.4. The standard InChI is InChI=1S/C21H25N7O2/c1-12(27-8-7-18-17(11-27)23-13(2)30-18)9-19-25-20-15-6-4-5-14(29-3)10-16(15)24-21(22)28(20)26-19/h4-6,10,12,14H,7-9,11H2,1-3H3,(H2,22,24). The Bertz CT molecular complexity index is 1260. The SMILES string of the molecule is COC1C=CC=c2c(nc(N)n3nc(CC(C)N4CCc5oc(C)nc5C4)nc23)=C1. The summed E-state index contributed by atoms with van der Waals surface area (Å²) in [6.07, 6.45) is 9.27. The van der Waals surface area contributed by atoms with Crippen LogP contribution in [0, 0.1) is 6.92 Å². The number of nitrogens with zero attached hydrogens (tertiary/aromatic N) is 6. The fraction of sp³-hybridized carbons (Fsp3) is 0.429. The quantitative estimate of drug-likeness (QED) is 0.651. The van der Waals surface area contributed by atoms with Gasteiger partial charge in [-0.2, -0.15) is 4.52 Å². The van der Waals surface area contributed by atoms with Crippen LogP contribution in [0.15, 0.2) is 16.6 Å². The highest BCUT2D eigenvalue weighted by atomic mass is 16.5. The van der Waals surface area contributed by atoms with Crippen LogP contribution < -0.4 is 16.3 Å². The predicted molar refractivity (Wildman–Crippen MR) is 112 cm³/mol. The number of methoxy groups -OCH3 is 1. The van der Waals surface area contributed by atoms with Gasteiger partial charge in [0.25, 0.3) is 0 Å². The Balaban J connectivity index is 1.45. The van der Waals surface area contributed by atoms with Crippen molar-refractivity contribution >= 4 is 23.7 Å². The molecule has 3 aromatic heterocycles. The lowest BCUT2D eigenvalue weighted by atomic mass is 10.1. The summed E-state index contributed by atoms with van der Waals surface area (Å²) in [6, 6.07) is 0.258. The Hall–Kier alpha value is -3.04. The number of nitrogen functional groups attached to an aromatic ring is 1. The van der Waals surface area contributed by atoms with Gasteiger partial charge in [0.1, 0.15) is 5.76 Å². The van der Waals surface area contributed by atoms with Crippen molar-refractivity contribution in [1.82, 2.24) is 29.5 Å². The van der Waals surface area contributed by atoms with Gasteiger partial charge in [0, 0.05) is 51.2 Å². The Labute approximate surface area is 173 Å². The van der Waals surface area contributed by atoms with E-state index in [1.54, 1.807) is 11.6 Å². The first-order chi connectivity index (χ1) is 14.5. The van der Waals surface area contributed by atoms with Gasteiger partial charge in [0.15, 0.2) is 17.4 Å². The number of aromatic nitrogens is 5. The number of anilines is 1. The summed E-state index contributed by atoms with van der Waals surface area (Å²) in [4.78, 5) is 16.2. The maximum absolute atomic E-state index is 6.19. The molecule has 2 unspecified atom stereocenters. The van der Waals surface area contributed by atoms with Gasteiger partial charge in [0.2, 0.25) is 5.95 Å². The highest BCUT2D eigenvalue weighted by molar-refractivity contribution is 5.56. The second-order valence-corrected chi connectivity index (χ2v) is 7.83. The number of aryl methyl sites for hydroxylation is 1. The molecule has 2 aliphatic rings. The summed E-state index contributed by atoms with van der Waals surface area (Å²) >= 11 is 0. The van der Waals surface area contributed by atoms with Crippen LogP contribution in [0.4, 0.5) is 5.95 Å². The second kappa shape index (κ2) is 7.33. The lowest BCUT2D eigenvalue weighted by Gasteiger charge is -2.30. The maximum Gasteiger partial charge on any atom is 0.223 e. The molecule has 0 radical (unpaired) electrons. The highest BCUT2D eigenvalue weighted by Gasteiger charge is 2.25. The summed E-state index contributed by atoms with van der Waals surface area (Å²) in [6.45, 7) is 5.80. The minimum absolute atomic E-state index is 0.150. The van der Waals surface area contributed by atoms with Crippen LogP contribution in [0.1, 0.15) is 30.1 Å². The van der Waals surface area contributed by atoms with E-state index in [0.717, 1.165) is 53.2 Å². The van der Waals surface area contributed by atoms with Crippen molar-refractivity contribution in [1.29, 1.82) is 0 Å². The number of nitrogens with two attached hydrogens (primary N) is 1. The van der Waals surface area contributed by atoms with Crippen molar-refractivity contribution in [2.24, 2.45) is 0 Å². The largest absolute Gasteiger partial charge is 0.446 e. The molecule has 4 heterocycles. The number of oxazole rings is 1. The smallest absolute Gasteiger partial charge is 0.223 e. The molecule has 0 saturated heterocycles. The van der Waals surface area contributed by atoms with Crippen LogP contribution in [-0.2, 0) is 24.1 Å². The average molecular weight is 407 g/mol. The summed E-state index contributed by atoms with van der Waals surface area (Å²) < 4.78 is 12.7. The van der Waals surface area contributed by atoms with E-state index in [-0.39, 0.29) is 12.1 Å². The monoisotopic (exact) mass is 407 g/mol. The van der Waals surface area contributed by atoms with Crippen LogP contribution in [0.3, 0.4) is 0 Å². The molecule has 1 aliphatic carbocycles. The third-order valence-corrected chi connectivity index (χ3v) is 5.74. The molecule has 0 bridgehead atoms. The zero-order chi connectivity index (χ0) is 20.8. The Morgan fingerprint density at radius 1 is 1.33 bits per heavy atom. The van der Waals surface area contributed by atoms with Crippen molar-refractivity contribution in [3.63, 3.8) is 0 Å². The van der Waals surface area contributed by atoms with Crippen LogP contribution in [0.25, 0.3) is 17.8 Å². The summed E-state index contributed by atoms with van der Waals surface area (Å²) in [5.41, 5.74) is 7.94. The van der Waals surface area contributed by atoms with E-state index in [2.05, 4.69) is 26.9 Å². The van der Waals surface area contributed by atoms with Gasteiger partial charge >= 0.3 is 0 Å². The van der Waals surface area contributed by atoms with Gasteiger partial charge in [-0.15, -0.1) is 5.10 Å². The van der Waals surface area contributed by atoms with E-state index in [1.807, 2.05) is 31.2 Å². The van der Waals surface area contributed by atoms with Crippen LogP contribution in [0.2, 0.25) is 0 Å². The molecule has 9 heteroatoms. The first kappa shape index (κ1) is 19.0. The molecule has 0 amide bonds. The molecule has 0 fully saturated rings. The minimum atomic E-state index is -0.150. The van der Waals surface area contributed by atoms with Gasteiger partial charge in [-0.1, -0.05) is 12.2 Å². The van der Waals surface area contributed by atoms with E-state index in [0.29, 0.717) is 18.0 Å². The van der Waals surface area contributed by atoms with Gasteiger partial charge in [-0.25, -0.2) is 15.0 Å². The first-order valence-electron chi connectivity index (χ1n) is 10.2. The Morgan fingerprint density at radius 3 is 3.03 bits per heavy atom. The van der Waals surface area contributed by atoms with E-state index >= 15 is 0 Å². The molecular weight excluding hydrogens is 382 g/mol. The fourth-order valence-electron chi connectivity index (χ4n) is 4.14. The molecule has 30 heavy (non-hydrogen) atoms. The number of hydrogen-bond donors (Lipinski definition) is 1. The summed E-state index contributed by atoms with van der Waals surface area (Å²) in [5, 5.41) is 6.30. The van der Waals surface area contributed by atoms with Crippen molar-refractivity contribution < 1.29 is 9.15 Å². The normalized spacial score (nSPS) is 19.6. The number of rotatable bonds is 4. The molecular formula is C21H25N7O2. The molecule has 1 aliphatic heterocycles. The van der Waals surface area contributed by atoms with Crippen molar-refractivity contribution in [3.8, 4) is 0 Å². The Kier molecular flexibility index (Phi) is 4.63. The van der Waals surface area contributed by atoms with E-state index in [1.165, 1.54) is 0 Å². The first-order valence-corrected chi connectivity index (χ1v) is 10.2. The van der Waals surface area contributed by atoms with Gasteiger partial charge < -0.3 is 14.9 Å². The fourth-order valence-corrected chi connectivity index (χ4v) is 4.14. The summed E-state index contributed by atoms with van der Waals surface area (Å²) in [5.74, 6) is 2.81. The average Bonchev–Trinajstić information content (AvgIpc) is 3.24. The topological polar surface area (TPSA) is 108 Å². The van der Waals surface area contributed by atoms with E-state index in [4.69, 9.17) is 19.9 Å². The van der Waals surface area contributed by atoms with E-state index < -0.39 is 0 Å². The van der Waals surface area contributed by atoms with Crippen LogP contribution in [0.5, 0.6) is 0 Å². The molecule has 9 nitrogen and oxygen atoms in total. The molecule has 2 atom stereocenters. The third kappa shape index (κ3) is 3.29. The van der Waals surface area contributed by atoms with Gasteiger partial charge in [0.05, 0.1) is 17.1 Å². The van der Waals surface area contributed by atoms with E-state index in [9.17, 15) is 0 Å². The summed E-state index contributed by atoms with van der Waals surface area (Å²) in [7, 11) is 1.67. The lowest BCUT2D eigenvalue weighted by Crippen LogP contribution is -2.38.